The van der Waals surface area contributed by atoms with Gasteiger partial charge in [0.15, 0.2) is 0 Å². The van der Waals surface area contributed by atoms with E-state index in [4.69, 9.17) is 5.11 Å². The van der Waals surface area contributed by atoms with Crippen molar-refractivity contribution in [3.63, 3.8) is 0 Å². The van der Waals surface area contributed by atoms with Gasteiger partial charge in [-0.2, -0.15) is 0 Å². The van der Waals surface area contributed by atoms with E-state index in [0.29, 0.717) is 10.6 Å². The Hall–Kier alpha value is -1.88. The highest BCUT2D eigenvalue weighted by Crippen LogP contribution is 2.34. The minimum Gasteiger partial charge on any atom is -0.477 e. The number of carboxylic acids is 1. The number of aromatic carboxylic acids is 1. The zero-order valence-corrected chi connectivity index (χ0v) is 9.41. The second-order valence-electron chi connectivity index (χ2n) is 3.14. The molecule has 0 aliphatic heterocycles. The van der Waals surface area contributed by atoms with Crippen molar-refractivity contribution >= 4 is 23.0 Å². The number of nitrogens with zero attached hydrogens (tertiary/aromatic N) is 1. The summed E-state index contributed by atoms with van der Waals surface area (Å²) in [7, 11) is 1.71. The molecule has 4 nitrogen and oxygen atoms in total. The maximum Gasteiger partial charge on any atom is 0.348 e. The van der Waals surface area contributed by atoms with Gasteiger partial charge in [-0.05, 0) is 23.8 Å². The van der Waals surface area contributed by atoms with E-state index in [9.17, 15) is 4.79 Å². The minimum absolute atomic E-state index is 0.328. The first-order valence-corrected chi connectivity index (χ1v) is 5.49. The van der Waals surface area contributed by atoms with Crippen LogP contribution in [0.25, 0.3) is 10.4 Å². The lowest BCUT2D eigenvalue weighted by atomic mass is 10.2. The van der Waals surface area contributed by atoms with Crippen molar-refractivity contribution < 1.29 is 9.90 Å². The highest BCUT2D eigenvalue weighted by molar-refractivity contribution is 7.18. The number of carbonyl (C=O) groups is 1. The predicted molar refractivity (Wildman–Crippen MR) is 64.1 cm³/mol. The van der Waals surface area contributed by atoms with Crippen molar-refractivity contribution in [1.82, 2.24) is 4.98 Å². The number of rotatable bonds is 3. The normalized spacial score (nSPS) is 10.1. The largest absolute Gasteiger partial charge is 0.477 e. The van der Waals surface area contributed by atoms with Crippen molar-refractivity contribution in [2.24, 2.45) is 0 Å². The van der Waals surface area contributed by atoms with Crippen molar-refractivity contribution in [1.29, 1.82) is 0 Å². The van der Waals surface area contributed by atoms with Gasteiger partial charge in [0.25, 0.3) is 0 Å². The molecule has 2 N–H and O–H groups in total. The van der Waals surface area contributed by atoms with E-state index in [1.807, 2.05) is 18.2 Å². The number of carboxylic acid groups (broad SMARTS) is 1. The van der Waals surface area contributed by atoms with Crippen LogP contribution in [-0.2, 0) is 0 Å². The van der Waals surface area contributed by atoms with E-state index >= 15 is 0 Å². The second-order valence-corrected chi connectivity index (χ2v) is 4.20. The third-order valence-electron chi connectivity index (χ3n) is 2.16. The maximum absolute atomic E-state index is 11.0. The molecule has 0 aliphatic rings. The fourth-order valence-corrected chi connectivity index (χ4v) is 2.40. The van der Waals surface area contributed by atoms with Crippen LogP contribution in [0.15, 0.2) is 30.6 Å². The lowest BCUT2D eigenvalue weighted by Crippen LogP contribution is -1.97. The van der Waals surface area contributed by atoms with Crippen LogP contribution in [0.1, 0.15) is 9.67 Å². The molecule has 2 aromatic rings. The van der Waals surface area contributed by atoms with E-state index in [1.165, 1.54) is 11.3 Å². The lowest BCUT2D eigenvalue weighted by molar-refractivity contribution is 0.0703. The standard InChI is InChI=1S/C11H10N2O2S/c1-12-8-6-9(16-10(8)11(14)15)7-2-4-13-5-3-7/h2-6,12H,1H3,(H,14,15). The summed E-state index contributed by atoms with van der Waals surface area (Å²) in [4.78, 5) is 16.2. The summed E-state index contributed by atoms with van der Waals surface area (Å²) in [5, 5.41) is 11.9. The Bertz CT molecular complexity index is 508. The Balaban J connectivity index is 2.48. The van der Waals surface area contributed by atoms with E-state index in [0.717, 1.165) is 10.4 Å². The molecule has 0 aromatic carbocycles. The number of hydrogen-bond acceptors (Lipinski definition) is 4. The molecular formula is C11H10N2O2S. The summed E-state index contributed by atoms with van der Waals surface area (Å²) < 4.78 is 0. The first-order valence-electron chi connectivity index (χ1n) is 4.67. The molecule has 0 spiro atoms. The molecule has 0 amide bonds. The fraction of sp³-hybridized carbons (Fsp3) is 0.0909. The van der Waals surface area contributed by atoms with Gasteiger partial charge in [0.2, 0.25) is 0 Å². The highest BCUT2D eigenvalue weighted by Gasteiger charge is 2.14. The topological polar surface area (TPSA) is 62.2 Å². The Kier molecular flexibility index (Phi) is 2.87. The van der Waals surface area contributed by atoms with E-state index < -0.39 is 5.97 Å². The molecule has 16 heavy (non-hydrogen) atoms. The monoisotopic (exact) mass is 234 g/mol. The van der Waals surface area contributed by atoms with E-state index in [1.54, 1.807) is 19.4 Å². The molecule has 0 unspecified atom stereocenters. The summed E-state index contributed by atoms with van der Waals surface area (Å²) in [6, 6.07) is 5.55. The van der Waals surface area contributed by atoms with Gasteiger partial charge in [0.1, 0.15) is 4.88 Å². The summed E-state index contributed by atoms with van der Waals surface area (Å²) in [5.74, 6) is -0.908. The molecule has 2 heterocycles. The smallest absolute Gasteiger partial charge is 0.348 e. The van der Waals surface area contributed by atoms with Gasteiger partial charge in [0.05, 0.1) is 5.69 Å². The SMILES string of the molecule is CNc1cc(-c2ccncc2)sc1C(=O)O. The van der Waals surface area contributed by atoms with Crippen molar-refractivity contribution in [3.05, 3.63) is 35.5 Å². The first kappa shape index (κ1) is 10.6. The first-order chi connectivity index (χ1) is 7.72. The van der Waals surface area contributed by atoms with Gasteiger partial charge < -0.3 is 10.4 Å². The number of anilines is 1. The zero-order valence-electron chi connectivity index (χ0n) is 8.60. The highest BCUT2D eigenvalue weighted by atomic mass is 32.1. The Morgan fingerprint density at radius 2 is 2.12 bits per heavy atom. The fourth-order valence-electron chi connectivity index (χ4n) is 1.39. The minimum atomic E-state index is -0.908. The number of pyridine rings is 1. The summed E-state index contributed by atoms with van der Waals surface area (Å²) >= 11 is 1.26. The van der Waals surface area contributed by atoms with Crippen molar-refractivity contribution in [3.8, 4) is 10.4 Å². The zero-order chi connectivity index (χ0) is 11.5. The van der Waals surface area contributed by atoms with Gasteiger partial charge in [-0.25, -0.2) is 4.79 Å². The number of aromatic nitrogens is 1. The molecule has 2 rings (SSSR count). The average Bonchev–Trinajstić information content (AvgIpc) is 2.74. The molecule has 0 bridgehead atoms. The molecule has 5 heteroatoms. The summed E-state index contributed by atoms with van der Waals surface area (Å²) in [5.41, 5.74) is 1.62. The van der Waals surface area contributed by atoms with Gasteiger partial charge >= 0.3 is 5.97 Å². The van der Waals surface area contributed by atoms with Crippen LogP contribution in [0.3, 0.4) is 0 Å². The van der Waals surface area contributed by atoms with Crippen LogP contribution in [0.4, 0.5) is 5.69 Å². The van der Waals surface area contributed by atoms with Crippen LogP contribution < -0.4 is 5.32 Å². The molecule has 0 aliphatic carbocycles. The average molecular weight is 234 g/mol. The second kappa shape index (κ2) is 4.32. The maximum atomic E-state index is 11.0. The Morgan fingerprint density at radius 3 is 2.62 bits per heavy atom. The van der Waals surface area contributed by atoms with Gasteiger partial charge in [-0.3, -0.25) is 4.98 Å². The van der Waals surface area contributed by atoms with Crippen LogP contribution in [-0.4, -0.2) is 23.1 Å². The molecule has 82 valence electrons. The lowest BCUT2D eigenvalue weighted by Gasteiger charge is -1.95. The number of nitrogens with one attached hydrogen (secondary N) is 1. The summed E-state index contributed by atoms with van der Waals surface area (Å²) in [6.45, 7) is 0. The molecule has 0 fully saturated rings. The van der Waals surface area contributed by atoms with Crippen molar-refractivity contribution in [2.45, 2.75) is 0 Å². The van der Waals surface area contributed by atoms with Gasteiger partial charge in [-0.1, -0.05) is 0 Å². The van der Waals surface area contributed by atoms with Crippen molar-refractivity contribution in [2.75, 3.05) is 12.4 Å². The Labute approximate surface area is 96.6 Å². The van der Waals surface area contributed by atoms with Crippen LogP contribution in [0, 0.1) is 0 Å². The number of hydrogen-bond donors (Lipinski definition) is 2. The quantitative estimate of drug-likeness (QED) is 0.856. The van der Waals surface area contributed by atoms with E-state index in [2.05, 4.69) is 10.3 Å². The van der Waals surface area contributed by atoms with Crippen LogP contribution in [0.5, 0.6) is 0 Å². The summed E-state index contributed by atoms with van der Waals surface area (Å²) in [6.07, 6.45) is 3.38. The third kappa shape index (κ3) is 1.90. The Morgan fingerprint density at radius 1 is 1.44 bits per heavy atom. The number of thiophene rings is 1. The predicted octanol–water partition coefficient (Wildman–Crippen LogP) is 2.55. The molecule has 0 saturated carbocycles. The molecule has 2 aromatic heterocycles. The molecule has 0 radical (unpaired) electrons. The van der Waals surface area contributed by atoms with Gasteiger partial charge in [0, 0.05) is 24.3 Å². The van der Waals surface area contributed by atoms with Crippen LogP contribution in [0.2, 0.25) is 0 Å². The van der Waals surface area contributed by atoms with Crippen LogP contribution >= 0.6 is 11.3 Å². The van der Waals surface area contributed by atoms with Gasteiger partial charge in [-0.15, -0.1) is 11.3 Å². The molecule has 0 saturated heterocycles. The molecule has 0 atom stereocenters. The third-order valence-corrected chi connectivity index (χ3v) is 3.33. The van der Waals surface area contributed by atoms with E-state index in [-0.39, 0.29) is 0 Å². The molecular weight excluding hydrogens is 224 g/mol.